The molecule has 0 aliphatic rings. The third kappa shape index (κ3) is 29.4. The second-order valence-electron chi connectivity index (χ2n) is 9.67. The zero-order chi connectivity index (χ0) is 26.0. The zero-order valence-corrected chi connectivity index (χ0v) is 24.3. The van der Waals surface area contributed by atoms with E-state index in [0.717, 1.165) is 19.3 Å². The fourth-order valence-electron chi connectivity index (χ4n) is 3.34. The van der Waals surface area contributed by atoms with Gasteiger partial charge in [-0.15, -0.1) is 0 Å². The maximum absolute atomic E-state index is 11.1. The fourth-order valence-corrected chi connectivity index (χ4v) is 3.85. The number of carboxylic acid groups (broad SMARTS) is 1. The minimum atomic E-state index is -1.22. The van der Waals surface area contributed by atoms with E-state index in [1.807, 2.05) is 27.7 Å². The molecule has 0 aliphatic carbocycles. The van der Waals surface area contributed by atoms with Crippen LogP contribution >= 0.6 is 0 Å². The van der Waals surface area contributed by atoms with E-state index in [1.165, 1.54) is 77.6 Å². The maximum Gasteiger partial charge on any atom is 0.138 e. The molecule has 0 spiro atoms. The average Bonchev–Trinajstić information content (AvgIpc) is 2.75. The van der Waals surface area contributed by atoms with Crippen LogP contribution in [0.2, 0.25) is 0 Å². The number of allylic oxidation sites excluding steroid dienone is 2. The van der Waals surface area contributed by atoms with Gasteiger partial charge in [0.2, 0.25) is 0 Å². The molecule has 0 rings (SSSR count). The average molecular weight is 497 g/mol. The Morgan fingerprint density at radius 1 is 0.735 bits per heavy atom. The van der Waals surface area contributed by atoms with E-state index in [4.69, 9.17) is 7.58 Å². The Morgan fingerprint density at radius 2 is 1.15 bits per heavy atom. The van der Waals surface area contributed by atoms with Gasteiger partial charge in [-0.25, -0.2) is 0 Å². The summed E-state index contributed by atoms with van der Waals surface area (Å²) < 4.78 is 10.4. The Bertz CT molecular complexity index is 469. The smallest absolute Gasteiger partial charge is 0.138 e. The van der Waals surface area contributed by atoms with Crippen LogP contribution in [0.15, 0.2) is 12.2 Å². The first-order valence-electron chi connectivity index (χ1n) is 13.7. The molecule has 0 N–H and O–H groups in total. The summed E-state index contributed by atoms with van der Waals surface area (Å²) in [5.74, 6) is -2.41. The number of carboxylic acids is 1. The van der Waals surface area contributed by atoms with Crippen molar-refractivity contribution in [1.82, 2.24) is 0 Å². The van der Waals surface area contributed by atoms with Gasteiger partial charge in [0, 0.05) is 0 Å². The Balaban J connectivity index is 0. The summed E-state index contributed by atoms with van der Waals surface area (Å²) in [5, 5.41) is 10.8. The number of hydrogen-bond acceptors (Lipinski definition) is 5. The summed E-state index contributed by atoms with van der Waals surface area (Å²) in [6.07, 6.45) is 22.9. The SMILES string of the molecule is CC(C)[O][Al+][O]C(C)C.CCCCCCCC/C=C\CCCCCCCCC(C(C)=O)C(=O)[O-]. The second kappa shape index (κ2) is 26.9. The molecule has 0 aliphatic heterocycles. The van der Waals surface area contributed by atoms with Gasteiger partial charge in [0.15, 0.2) is 0 Å². The quantitative estimate of drug-likeness (QED) is 0.0718. The summed E-state index contributed by atoms with van der Waals surface area (Å²) in [4.78, 5) is 21.9. The minimum Gasteiger partial charge on any atom is -0.549 e. The van der Waals surface area contributed by atoms with E-state index < -0.39 is 11.9 Å². The Hall–Kier alpha value is -0.668. The zero-order valence-electron chi connectivity index (χ0n) is 23.1. The number of unbranched alkanes of at least 4 members (excludes halogenated alkanes) is 12. The van der Waals surface area contributed by atoms with Crippen molar-refractivity contribution in [3.8, 4) is 0 Å². The molecule has 0 aromatic rings. The van der Waals surface area contributed by atoms with E-state index in [2.05, 4.69) is 19.1 Å². The molecule has 198 valence electrons. The van der Waals surface area contributed by atoms with Crippen LogP contribution in [-0.4, -0.2) is 39.8 Å². The molecule has 0 aromatic heterocycles. The molecule has 0 amide bonds. The van der Waals surface area contributed by atoms with Gasteiger partial charge >= 0.3 is 63.4 Å². The van der Waals surface area contributed by atoms with Gasteiger partial charge < -0.3 is 9.90 Å². The van der Waals surface area contributed by atoms with Crippen LogP contribution < -0.4 is 5.11 Å². The third-order valence-electron chi connectivity index (χ3n) is 5.44. The number of rotatable bonds is 22. The van der Waals surface area contributed by atoms with Crippen LogP contribution in [0.3, 0.4) is 0 Å². The van der Waals surface area contributed by atoms with E-state index in [0.29, 0.717) is 18.6 Å². The van der Waals surface area contributed by atoms with E-state index in [9.17, 15) is 14.7 Å². The van der Waals surface area contributed by atoms with Gasteiger partial charge in [0.1, 0.15) is 5.78 Å². The normalized spacial score (nSPS) is 12.0. The molecule has 0 aromatic carbocycles. The van der Waals surface area contributed by atoms with Gasteiger partial charge in [0.05, 0.1) is 11.9 Å². The van der Waals surface area contributed by atoms with Crippen molar-refractivity contribution in [3.63, 3.8) is 0 Å². The van der Waals surface area contributed by atoms with Crippen LogP contribution in [0.25, 0.3) is 0 Å². The van der Waals surface area contributed by atoms with Crippen LogP contribution in [0, 0.1) is 5.92 Å². The molecule has 1 unspecified atom stereocenters. The van der Waals surface area contributed by atoms with Crippen molar-refractivity contribution in [2.45, 2.75) is 150 Å². The molecule has 6 heteroatoms. The van der Waals surface area contributed by atoms with E-state index in [-0.39, 0.29) is 21.7 Å². The molecular formula is C28H53AlO5. The van der Waals surface area contributed by atoms with Crippen LogP contribution in [0.4, 0.5) is 0 Å². The van der Waals surface area contributed by atoms with Crippen molar-refractivity contribution in [3.05, 3.63) is 12.2 Å². The van der Waals surface area contributed by atoms with E-state index in [1.54, 1.807) is 0 Å². The Labute approximate surface area is 217 Å². The summed E-state index contributed by atoms with van der Waals surface area (Å²) >= 11 is -0.245. The predicted molar refractivity (Wildman–Crippen MR) is 141 cm³/mol. The number of aliphatic carboxylic acids is 1. The summed E-state index contributed by atoms with van der Waals surface area (Å²) in [5.41, 5.74) is 0. The Kier molecular flexibility index (Phi) is 28.1. The minimum absolute atomic E-state index is 0.245. The second-order valence-corrected chi connectivity index (χ2v) is 10.4. The number of ketones is 1. The molecule has 0 radical (unpaired) electrons. The van der Waals surface area contributed by atoms with Crippen molar-refractivity contribution in [2.24, 2.45) is 5.92 Å². The predicted octanol–water partition coefficient (Wildman–Crippen LogP) is 6.74. The molecule has 0 fully saturated rings. The summed E-state index contributed by atoms with van der Waals surface area (Å²) in [7, 11) is 0. The third-order valence-corrected chi connectivity index (χ3v) is 6.75. The molecule has 1 atom stereocenters. The molecule has 0 saturated carbocycles. The number of carbonyl (C=O) groups is 2. The fraction of sp³-hybridized carbons (Fsp3) is 0.857. The number of carbonyl (C=O) groups excluding carboxylic acids is 2. The van der Waals surface area contributed by atoms with Crippen LogP contribution in [0.1, 0.15) is 138 Å². The van der Waals surface area contributed by atoms with Crippen molar-refractivity contribution >= 4 is 27.6 Å². The van der Waals surface area contributed by atoms with Crippen molar-refractivity contribution < 1.29 is 22.3 Å². The molecule has 0 bridgehead atoms. The summed E-state index contributed by atoms with van der Waals surface area (Å²) in [6, 6.07) is 0. The molecule has 0 saturated heterocycles. The van der Waals surface area contributed by atoms with Crippen LogP contribution in [-0.2, 0) is 17.2 Å². The largest absolute Gasteiger partial charge is 0.549 e. The van der Waals surface area contributed by atoms with Crippen molar-refractivity contribution in [2.75, 3.05) is 0 Å². The molecule has 5 nitrogen and oxygen atoms in total. The summed E-state index contributed by atoms with van der Waals surface area (Å²) in [6.45, 7) is 11.6. The van der Waals surface area contributed by atoms with Crippen molar-refractivity contribution in [1.29, 1.82) is 0 Å². The van der Waals surface area contributed by atoms with Gasteiger partial charge in [-0.2, -0.15) is 0 Å². The molecule has 34 heavy (non-hydrogen) atoms. The molecular weight excluding hydrogens is 443 g/mol. The first-order valence-corrected chi connectivity index (χ1v) is 14.6. The number of Topliss-reactive ketones (excluding diaryl/α,β-unsaturated/α-hetero) is 1. The standard InChI is InChI=1S/C22H40O3.2C3H7O.Al/c1-3-4-5-6-7-8-9-10-11-12-13-14-15-16-17-18-19-21(20(2)23)22(24)25;2*1-3(2)4;/h10-11,21H,3-9,12-19H2,1-2H3,(H,24,25);2*3H,1-2H3;/q;2*-1;+3/p-1/b11-10-;;;. The van der Waals surface area contributed by atoms with Crippen LogP contribution in [0.5, 0.6) is 0 Å². The topological polar surface area (TPSA) is 75.7 Å². The molecule has 0 heterocycles. The monoisotopic (exact) mass is 496 g/mol. The first-order chi connectivity index (χ1) is 16.2. The number of hydrogen-bond donors (Lipinski definition) is 0. The van der Waals surface area contributed by atoms with Gasteiger partial charge in [-0.05, 0) is 39.0 Å². The Morgan fingerprint density at radius 3 is 1.53 bits per heavy atom. The van der Waals surface area contributed by atoms with Gasteiger partial charge in [0.25, 0.3) is 0 Å². The van der Waals surface area contributed by atoms with Gasteiger partial charge in [-0.1, -0.05) is 83.3 Å². The van der Waals surface area contributed by atoms with E-state index >= 15 is 0 Å². The maximum atomic E-state index is 11.1. The first kappa shape index (κ1) is 35.5. The van der Waals surface area contributed by atoms with Gasteiger partial charge in [-0.3, -0.25) is 4.79 Å².